The van der Waals surface area contributed by atoms with Crippen LogP contribution in [0.25, 0.3) is 0 Å². The molecule has 1 aromatic rings. The molecule has 0 radical (unpaired) electrons. The maximum Gasteiger partial charge on any atom is 0.193 e. The molecule has 0 amide bonds. The number of hydrogen-bond donors (Lipinski definition) is 1. The highest BCUT2D eigenvalue weighted by molar-refractivity contribution is 6.28. The highest BCUT2D eigenvalue weighted by Crippen LogP contribution is 2.24. The van der Waals surface area contributed by atoms with Crippen LogP contribution in [0, 0.1) is 5.92 Å². The van der Waals surface area contributed by atoms with Crippen molar-refractivity contribution >= 4 is 11.6 Å². The molecule has 0 aliphatic heterocycles. The summed E-state index contributed by atoms with van der Waals surface area (Å²) in [5, 5.41) is 3.63. The Bertz CT molecular complexity index is 244. The van der Waals surface area contributed by atoms with Crippen LogP contribution in [0.3, 0.4) is 0 Å². The van der Waals surface area contributed by atoms with E-state index in [1.165, 1.54) is 0 Å². The fraction of sp³-hybridized carbons (Fsp3) is 0.556. The minimum absolute atomic E-state index is 0.248. The predicted molar refractivity (Wildman–Crippen MR) is 50.4 cm³/mol. The lowest BCUT2D eigenvalue weighted by atomic mass is 10.0. The van der Waals surface area contributed by atoms with Gasteiger partial charge in [0.2, 0.25) is 0 Å². The SMILES string of the molecule is CNC(c1ccc(Cl)o1)C(C)C. The third-order valence-corrected chi connectivity index (χ3v) is 2.08. The second-order valence-electron chi connectivity index (χ2n) is 3.15. The molecular formula is C9H14ClNO. The molecule has 0 fully saturated rings. The summed E-state index contributed by atoms with van der Waals surface area (Å²) in [5.41, 5.74) is 0. The van der Waals surface area contributed by atoms with E-state index in [9.17, 15) is 0 Å². The summed E-state index contributed by atoms with van der Waals surface area (Å²) >= 11 is 5.67. The van der Waals surface area contributed by atoms with E-state index < -0.39 is 0 Å². The lowest BCUT2D eigenvalue weighted by Gasteiger charge is -2.16. The van der Waals surface area contributed by atoms with E-state index in [4.69, 9.17) is 16.0 Å². The molecule has 1 rings (SSSR count). The maximum atomic E-state index is 5.67. The topological polar surface area (TPSA) is 25.2 Å². The average Bonchev–Trinajstić information content (AvgIpc) is 2.37. The molecule has 12 heavy (non-hydrogen) atoms. The van der Waals surface area contributed by atoms with Crippen molar-refractivity contribution < 1.29 is 4.42 Å². The Hall–Kier alpha value is -0.470. The molecule has 0 spiro atoms. The van der Waals surface area contributed by atoms with Crippen molar-refractivity contribution in [2.24, 2.45) is 5.92 Å². The van der Waals surface area contributed by atoms with E-state index in [2.05, 4.69) is 19.2 Å². The van der Waals surface area contributed by atoms with Gasteiger partial charge in [0, 0.05) is 0 Å². The van der Waals surface area contributed by atoms with Gasteiger partial charge in [-0.05, 0) is 36.7 Å². The third kappa shape index (κ3) is 2.02. The first-order chi connectivity index (χ1) is 5.65. The summed E-state index contributed by atoms with van der Waals surface area (Å²) in [5.74, 6) is 1.40. The van der Waals surface area contributed by atoms with Gasteiger partial charge in [0.15, 0.2) is 5.22 Å². The van der Waals surface area contributed by atoms with Crippen molar-refractivity contribution in [3.8, 4) is 0 Å². The molecule has 0 aromatic carbocycles. The van der Waals surface area contributed by atoms with Gasteiger partial charge in [0.25, 0.3) is 0 Å². The molecule has 0 aliphatic carbocycles. The molecule has 0 aliphatic rings. The number of rotatable bonds is 3. The Balaban J connectivity index is 2.80. The van der Waals surface area contributed by atoms with Gasteiger partial charge in [-0.25, -0.2) is 0 Å². The molecular weight excluding hydrogens is 174 g/mol. The standard InChI is InChI=1S/C9H14ClNO/c1-6(2)9(11-3)7-4-5-8(10)12-7/h4-6,9,11H,1-3H3. The Morgan fingerprint density at radius 1 is 1.42 bits per heavy atom. The van der Waals surface area contributed by atoms with Gasteiger partial charge in [-0.15, -0.1) is 0 Å². The number of hydrogen-bond acceptors (Lipinski definition) is 2. The number of halogens is 1. The van der Waals surface area contributed by atoms with Crippen LogP contribution < -0.4 is 5.32 Å². The first-order valence-electron chi connectivity index (χ1n) is 4.07. The summed E-state index contributed by atoms with van der Waals surface area (Å²) in [6.45, 7) is 4.27. The van der Waals surface area contributed by atoms with Crippen molar-refractivity contribution in [2.45, 2.75) is 19.9 Å². The lowest BCUT2D eigenvalue weighted by Crippen LogP contribution is -2.20. The van der Waals surface area contributed by atoms with Crippen molar-refractivity contribution in [3.63, 3.8) is 0 Å². The van der Waals surface area contributed by atoms with Crippen molar-refractivity contribution in [3.05, 3.63) is 23.1 Å². The van der Waals surface area contributed by atoms with Crippen LogP contribution in [0.15, 0.2) is 16.5 Å². The highest BCUT2D eigenvalue weighted by Gasteiger charge is 2.16. The Morgan fingerprint density at radius 2 is 2.08 bits per heavy atom. The molecule has 0 bridgehead atoms. The van der Waals surface area contributed by atoms with Gasteiger partial charge in [-0.1, -0.05) is 13.8 Å². The van der Waals surface area contributed by atoms with E-state index in [1.807, 2.05) is 13.1 Å². The number of nitrogens with one attached hydrogen (secondary N) is 1. The van der Waals surface area contributed by atoms with E-state index in [0.717, 1.165) is 5.76 Å². The van der Waals surface area contributed by atoms with Gasteiger partial charge in [-0.3, -0.25) is 0 Å². The molecule has 1 atom stereocenters. The highest BCUT2D eigenvalue weighted by atomic mass is 35.5. The summed E-state index contributed by atoms with van der Waals surface area (Å²) in [4.78, 5) is 0. The van der Waals surface area contributed by atoms with Crippen LogP contribution in [0.2, 0.25) is 5.22 Å². The van der Waals surface area contributed by atoms with Gasteiger partial charge < -0.3 is 9.73 Å². The van der Waals surface area contributed by atoms with Crippen molar-refractivity contribution in [1.29, 1.82) is 0 Å². The minimum Gasteiger partial charge on any atom is -0.448 e. The molecule has 1 heterocycles. The summed E-state index contributed by atoms with van der Waals surface area (Å²) in [6, 6.07) is 3.92. The molecule has 3 heteroatoms. The monoisotopic (exact) mass is 187 g/mol. The average molecular weight is 188 g/mol. The van der Waals surface area contributed by atoms with Gasteiger partial charge in [-0.2, -0.15) is 0 Å². The molecule has 68 valence electrons. The summed E-state index contributed by atoms with van der Waals surface area (Å²) < 4.78 is 5.30. The fourth-order valence-electron chi connectivity index (χ4n) is 1.30. The van der Waals surface area contributed by atoms with Crippen LogP contribution in [-0.4, -0.2) is 7.05 Å². The van der Waals surface area contributed by atoms with Gasteiger partial charge >= 0.3 is 0 Å². The van der Waals surface area contributed by atoms with Crippen LogP contribution in [-0.2, 0) is 0 Å². The molecule has 1 unspecified atom stereocenters. The molecule has 1 aromatic heterocycles. The second-order valence-corrected chi connectivity index (χ2v) is 3.52. The quantitative estimate of drug-likeness (QED) is 0.788. The minimum atomic E-state index is 0.248. The second kappa shape index (κ2) is 3.97. The first kappa shape index (κ1) is 9.62. The molecule has 0 saturated carbocycles. The molecule has 1 N–H and O–H groups in total. The fourth-order valence-corrected chi connectivity index (χ4v) is 1.45. The normalized spacial score (nSPS) is 13.8. The largest absolute Gasteiger partial charge is 0.448 e. The van der Waals surface area contributed by atoms with Crippen LogP contribution in [0.1, 0.15) is 25.6 Å². The molecule has 2 nitrogen and oxygen atoms in total. The van der Waals surface area contributed by atoms with Gasteiger partial charge in [0.05, 0.1) is 6.04 Å². The van der Waals surface area contributed by atoms with Crippen LogP contribution in [0.4, 0.5) is 0 Å². The number of furan rings is 1. The Morgan fingerprint density at radius 3 is 2.42 bits per heavy atom. The summed E-state index contributed by atoms with van der Waals surface area (Å²) in [7, 11) is 1.92. The zero-order valence-corrected chi connectivity index (χ0v) is 8.35. The van der Waals surface area contributed by atoms with Crippen molar-refractivity contribution in [1.82, 2.24) is 5.32 Å². The Labute approximate surface area is 77.9 Å². The smallest absolute Gasteiger partial charge is 0.193 e. The van der Waals surface area contributed by atoms with Crippen LogP contribution in [0.5, 0.6) is 0 Å². The van der Waals surface area contributed by atoms with E-state index in [-0.39, 0.29) is 6.04 Å². The van der Waals surface area contributed by atoms with E-state index >= 15 is 0 Å². The van der Waals surface area contributed by atoms with Crippen molar-refractivity contribution in [2.75, 3.05) is 7.05 Å². The first-order valence-corrected chi connectivity index (χ1v) is 4.45. The third-order valence-electron chi connectivity index (χ3n) is 1.88. The predicted octanol–water partition coefficient (Wildman–Crippen LogP) is 2.85. The lowest BCUT2D eigenvalue weighted by molar-refractivity contribution is 0.360. The summed E-state index contributed by atoms with van der Waals surface area (Å²) in [6.07, 6.45) is 0. The zero-order valence-electron chi connectivity index (χ0n) is 7.60. The van der Waals surface area contributed by atoms with Gasteiger partial charge in [0.1, 0.15) is 5.76 Å². The Kier molecular flexibility index (Phi) is 3.18. The van der Waals surface area contributed by atoms with Crippen LogP contribution >= 0.6 is 11.6 Å². The molecule has 0 saturated heterocycles. The maximum absolute atomic E-state index is 5.67. The zero-order chi connectivity index (χ0) is 9.14. The van der Waals surface area contributed by atoms with E-state index in [1.54, 1.807) is 6.07 Å². The van der Waals surface area contributed by atoms with E-state index in [0.29, 0.717) is 11.1 Å².